The number of fused-ring (bicyclic) bond motifs is 1. The molecule has 1 aromatic rings. The van der Waals surface area contributed by atoms with Crippen molar-refractivity contribution in [3.05, 3.63) is 35.4 Å². The molecule has 0 amide bonds. The maximum absolute atomic E-state index is 6.23. The van der Waals surface area contributed by atoms with Gasteiger partial charge in [0, 0.05) is 19.1 Å². The van der Waals surface area contributed by atoms with Crippen LogP contribution in [0.3, 0.4) is 0 Å². The summed E-state index contributed by atoms with van der Waals surface area (Å²) in [7, 11) is 0. The monoisotopic (exact) mass is 246 g/mol. The summed E-state index contributed by atoms with van der Waals surface area (Å²) in [5.41, 5.74) is 9.25. The number of aryl methyl sites for hydroxylation is 1. The average molecular weight is 246 g/mol. The van der Waals surface area contributed by atoms with Gasteiger partial charge < -0.3 is 5.73 Å². The van der Waals surface area contributed by atoms with Gasteiger partial charge in [-0.1, -0.05) is 38.1 Å². The molecule has 1 heterocycles. The number of nitrogens with two attached hydrogens (primary N) is 1. The van der Waals surface area contributed by atoms with Crippen LogP contribution in [0, 0.1) is 5.92 Å². The molecule has 0 radical (unpaired) electrons. The largest absolute Gasteiger partial charge is 0.327 e. The highest BCUT2D eigenvalue weighted by atomic mass is 15.1. The highest BCUT2D eigenvalue weighted by Crippen LogP contribution is 2.18. The maximum Gasteiger partial charge on any atom is 0.0237 e. The van der Waals surface area contributed by atoms with Gasteiger partial charge in [0.05, 0.1) is 0 Å². The van der Waals surface area contributed by atoms with Gasteiger partial charge in [0.2, 0.25) is 0 Å². The lowest BCUT2D eigenvalue weighted by molar-refractivity contribution is 0.241. The standard InChI is InChI=1S/C16H26N2/c1-13(2)10-16(17)12-18-9-5-8-14-6-3-4-7-15(14)11-18/h3-4,6-7,13,16H,5,8-12,17H2,1-2H3. The molecule has 0 saturated carbocycles. The molecule has 0 aromatic heterocycles. The van der Waals surface area contributed by atoms with E-state index in [4.69, 9.17) is 5.73 Å². The molecule has 1 aliphatic rings. The number of hydrogen-bond acceptors (Lipinski definition) is 2. The summed E-state index contributed by atoms with van der Waals surface area (Å²) in [5.74, 6) is 0.694. The van der Waals surface area contributed by atoms with E-state index in [0.717, 1.165) is 19.5 Å². The first-order valence-electron chi connectivity index (χ1n) is 7.20. The van der Waals surface area contributed by atoms with Gasteiger partial charge in [0.15, 0.2) is 0 Å². The smallest absolute Gasteiger partial charge is 0.0237 e. The van der Waals surface area contributed by atoms with E-state index in [1.54, 1.807) is 0 Å². The summed E-state index contributed by atoms with van der Waals surface area (Å²) in [4.78, 5) is 2.53. The first-order valence-corrected chi connectivity index (χ1v) is 7.20. The van der Waals surface area contributed by atoms with Gasteiger partial charge in [0.1, 0.15) is 0 Å². The van der Waals surface area contributed by atoms with Crippen LogP contribution < -0.4 is 5.73 Å². The lowest BCUT2D eigenvalue weighted by Gasteiger charge is -2.25. The van der Waals surface area contributed by atoms with Crippen LogP contribution in [-0.4, -0.2) is 24.0 Å². The van der Waals surface area contributed by atoms with E-state index in [1.165, 1.54) is 30.5 Å². The first-order chi connectivity index (χ1) is 8.65. The molecule has 1 aliphatic heterocycles. The molecule has 2 heteroatoms. The number of hydrogen-bond donors (Lipinski definition) is 1. The number of nitrogens with zero attached hydrogens (tertiary/aromatic N) is 1. The Balaban J connectivity index is 1.95. The van der Waals surface area contributed by atoms with Crippen LogP contribution in [-0.2, 0) is 13.0 Å². The fraction of sp³-hybridized carbons (Fsp3) is 0.625. The van der Waals surface area contributed by atoms with Crippen LogP contribution in [0.25, 0.3) is 0 Å². The predicted octanol–water partition coefficient (Wildman–Crippen LogP) is 2.81. The molecule has 1 atom stereocenters. The molecule has 100 valence electrons. The summed E-state index contributed by atoms with van der Waals surface area (Å²) in [6.45, 7) is 7.78. The van der Waals surface area contributed by atoms with Crippen LogP contribution >= 0.6 is 0 Å². The molecule has 2 nitrogen and oxygen atoms in total. The maximum atomic E-state index is 6.23. The molecule has 1 unspecified atom stereocenters. The second-order valence-electron chi connectivity index (χ2n) is 6.00. The van der Waals surface area contributed by atoms with Gasteiger partial charge in [-0.15, -0.1) is 0 Å². The molecule has 2 rings (SSSR count). The highest BCUT2D eigenvalue weighted by molar-refractivity contribution is 5.28. The zero-order valence-electron chi connectivity index (χ0n) is 11.7. The Morgan fingerprint density at radius 3 is 2.67 bits per heavy atom. The lowest BCUT2D eigenvalue weighted by atomic mass is 10.0. The fourth-order valence-corrected chi connectivity index (χ4v) is 2.94. The Morgan fingerprint density at radius 2 is 1.94 bits per heavy atom. The van der Waals surface area contributed by atoms with Crippen LogP contribution in [0.2, 0.25) is 0 Å². The van der Waals surface area contributed by atoms with E-state index < -0.39 is 0 Å². The second kappa shape index (κ2) is 6.35. The quantitative estimate of drug-likeness (QED) is 0.885. The zero-order valence-corrected chi connectivity index (χ0v) is 11.7. The van der Waals surface area contributed by atoms with Crippen molar-refractivity contribution < 1.29 is 0 Å². The van der Waals surface area contributed by atoms with Gasteiger partial charge in [-0.3, -0.25) is 4.90 Å². The number of benzene rings is 1. The zero-order chi connectivity index (χ0) is 13.0. The van der Waals surface area contributed by atoms with Crippen molar-refractivity contribution in [3.8, 4) is 0 Å². The van der Waals surface area contributed by atoms with E-state index in [-0.39, 0.29) is 0 Å². The SMILES string of the molecule is CC(C)CC(N)CN1CCCc2ccccc2C1. The molecule has 0 saturated heterocycles. The van der Waals surface area contributed by atoms with Gasteiger partial charge in [-0.25, -0.2) is 0 Å². The van der Waals surface area contributed by atoms with E-state index >= 15 is 0 Å². The molecule has 0 aliphatic carbocycles. The minimum Gasteiger partial charge on any atom is -0.327 e. The van der Waals surface area contributed by atoms with Gasteiger partial charge in [-0.05, 0) is 42.9 Å². The van der Waals surface area contributed by atoms with Crippen LogP contribution in [0.5, 0.6) is 0 Å². The molecule has 18 heavy (non-hydrogen) atoms. The summed E-state index contributed by atoms with van der Waals surface area (Å²) in [5, 5.41) is 0. The van der Waals surface area contributed by atoms with Crippen molar-refractivity contribution in [1.29, 1.82) is 0 Å². The van der Waals surface area contributed by atoms with Crippen molar-refractivity contribution in [1.82, 2.24) is 4.90 Å². The van der Waals surface area contributed by atoms with Crippen LogP contribution in [0.1, 0.15) is 37.8 Å². The molecule has 0 bridgehead atoms. The second-order valence-corrected chi connectivity index (χ2v) is 6.00. The summed E-state index contributed by atoms with van der Waals surface area (Å²) in [6.07, 6.45) is 3.59. The lowest BCUT2D eigenvalue weighted by Crippen LogP contribution is -2.38. The van der Waals surface area contributed by atoms with Crippen molar-refractivity contribution in [2.75, 3.05) is 13.1 Å². The van der Waals surface area contributed by atoms with E-state index in [9.17, 15) is 0 Å². The predicted molar refractivity (Wildman–Crippen MR) is 77.5 cm³/mol. The number of rotatable bonds is 4. The highest BCUT2D eigenvalue weighted by Gasteiger charge is 2.16. The fourth-order valence-electron chi connectivity index (χ4n) is 2.94. The van der Waals surface area contributed by atoms with Gasteiger partial charge in [-0.2, -0.15) is 0 Å². The minimum atomic E-state index is 0.315. The van der Waals surface area contributed by atoms with Crippen molar-refractivity contribution >= 4 is 0 Å². The van der Waals surface area contributed by atoms with E-state index in [2.05, 4.69) is 43.0 Å². The van der Waals surface area contributed by atoms with E-state index in [0.29, 0.717) is 12.0 Å². The third-order valence-electron chi connectivity index (χ3n) is 3.70. The molecule has 0 spiro atoms. The Kier molecular flexibility index (Phi) is 4.79. The average Bonchev–Trinajstić information content (AvgIpc) is 2.49. The van der Waals surface area contributed by atoms with Crippen molar-refractivity contribution in [2.45, 2.75) is 45.7 Å². The topological polar surface area (TPSA) is 29.3 Å². The Hall–Kier alpha value is -0.860. The summed E-state index contributed by atoms with van der Waals surface area (Å²) >= 11 is 0. The van der Waals surface area contributed by atoms with Crippen molar-refractivity contribution in [3.63, 3.8) is 0 Å². The van der Waals surface area contributed by atoms with Gasteiger partial charge in [0.25, 0.3) is 0 Å². The molecule has 1 aromatic carbocycles. The molecule has 0 fully saturated rings. The molecule has 2 N–H and O–H groups in total. The Morgan fingerprint density at radius 1 is 1.22 bits per heavy atom. The Labute approximate surface area is 111 Å². The normalized spacial score (nSPS) is 18.4. The third kappa shape index (κ3) is 3.82. The Bertz CT molecular complexity index is 373. The summed E-state index contributed by atoms with van der Waals surface area (Å²) in [6, 6.07) is 9.15. The van der Waals surface area contributed by atoms with Gasteiger partial charge >= 0.3 is 0 Å². The molecular formula is C16H26N2. The first kappa shape index (κ1) is 13.6. The molecular weight excluding hydrogens is 220 g/mol. The van der Waals surface area contributed by atoms with Crippen molar-refractivity contribution in [2.24, 2.45) is 11.7 Å². The minimum absolute atomic E-state index is 0.315. The summed E-state index contributed by atoms with van der Waals surface area (Å²) < 4.78 is 0. The van der Waals surface area contributed by atoms with Crippen LogP contribution in [0.15, 0.2) is 24.3 Å². The third-order valence-corrected chi connectivity index (χ3v) is 3.70. The van der Waals surface area contributed by atoms with Crippen LogP contribution in [0.4, 0.5) is 0 Å². The van der Waals surface area contributed by atoms with E-state index in [1.807, 2.05) is 0 Å².